The van der Waals surface area contributed by atoms with Gasteiger partial charge in [-0.05, 0) is 13.3 Å². The molecule has 2 unspecified atom stereocenters. The smallest absolute Gasteiger partial charge is 0.321 e. The zero-order valence-electron chi connectivity index (χ0n) is 9.58. The maximum atomic E-state index is 10.8. The molecule has 1 saturated heterocycles. The molecule has 0 spiro atoms. The average Bonchev–Trinajstić information content (AvgIpc) is 2.57. The molecule has 15 heavy (non-hydrogen) atoms. The standard InChI is InChI=1S/C11H21NO2S/c1-3-4-5-6-7-11(2)12-9(8-15-11)10(13)14/h9,12H,3-8H2,1-2H3,(H,13,14). The summed E-state index contributed by atoms with van der Waals surface area (Å²) in [6.07, 6.45) is 6.04. The zero-order chi connectivity index (χ0) is 11.3. The lowest BCUT2D eigenvalue weighted by Crippen LogP contribution is -2.43. The van der Waals surface area contributed by atoms with E-state index in [2.05, 4.69) is 19.2 Å². The van der Waals surface area contributed by atoms with E-state index in [1.54, 1.807) is 11.8 Å². The van der Waals surface area contributed by atoms with Crippen molar-refractivity contribution in [3.63, 3.8) is 0 Å². The van der Waals surface area contributed by atoms with Crippen LogP contribution in [0.3, 0.4) is 0 Å². The number of nitrogens with one attached hydrogen (secondary N) is 1. The van der Waals surface area contributed by atoms with Crippen LogP contribution in [0.2, 0.25) is 0 Å². The predicted octanol–water partition coefficient (Wildman–Crippen LogP) is 2.46. The fourth-order valence-electron chi connectivity index (χ4n) is 1.89. The number of rotatable bonds is 6. The molecule has 88 valence electrons. The lowest BCUT2D eigenvalue weighted by atomic mass is 10.1. The van der Waals surface area contributed by atoms with E-state index in [1.807, 2.05) is 0 Å². The Morgan fingerprint density at radius 3 is 2.80 bits per heavy atom. The summed E-state index contributed by atoms with van der Waals surface area (Å²) in [5.74, 6) is -0.0284. The topological polar surface area (TPSA) is 49.3 Å². The normalized spacial score (nSPS) is 30.7. The molecule has 0 radical (unpaired) electrons. The van der Waals surface area contributed by atoms with Gasteiger partial charge in [0.1, 0.15) is 6.04 Å². The van der Waals surface area contributed by atoms with Crippen LogP contribution in [-0.4, -0.2) is 27.7 Å². The second-order valence-corrected chi connectivity index (χ2v) is 5.91. The first kappa shape index (κ1) is 12.8. The van der Waals surface area contributed by atoms with Crippen LogP contribution in [0.15, 0.2) is 0 Å². The summed E-state index contributed by atoms with van der Waals surface area (Å²) in [5.41, 5.74) is 0. The van der Waals surface area contributed by atoms with Crippen molar-refractivity contribution in [3.8, 4) is 0 Å². The van der Waals surface area contributed by atoms with Gasteiger partial charge in [0, 0.05) is 5.75 Å². The fourth-order valence-corrected chi connectivity index (χ4v) is 3.16. The second kappa shape index (κ2) is 5.75. The molecule has 0 aromatic heterocycles. The summed E-state index contributed by atoms with van der Waals surface area (Å²) in [4.78, 5) is 10.8. The van der Waals surface area contributed by atoms with Gasteiger partial charge in [0.25, 0.3) is 0 Å². The molecule has 1 heterocycles. The molecule has 2 N–H and O–H groups in total. The van der Waals surface area contributed by atoms with E-state index >= 15 is 0 Å². The van der Waals surface area contributed by atoms with Crippen molar-refractivity contribution in [2.45, 2.75) is 56.9 Å². The number of hydrogen-bond donors (Lipinski definition) is 2. The Labute approximate surface area is 96.0 Å². The Balaban J connectivity index is 2.26. The lowest BCUT2D eigenvalue weighted by molar-refractivity contribution is -0.138. The summed E-state index contributed by atoms with van der Waals surface area (Å²) in [5, 5.41) is 12.1. The first-order valence-electron chi connectivity index (χ1n) is 5.72. The van der Waals surface area contributed by atoms with Gasteiger partial charge in [-0.2, -0.15) is 0 Å². The molecule has 1 aliphatic heterocycles. The number of thioether (sulfide) groups is 1. The van der Waals surface area contributed by atoms with Crippen LogP contribution in [-0.2, 0) is 4.79 Å². The molecular formula is C11H21NO2S. The maximum absolute atomic E-state index is 10.8. The number of carbonyl (C=O) groups is 1. The van der Waals surface area contributed by atoms with Crippen LogP contribution < -0.4 is 5.32 Å². The van der Waals surface area contributed by atoms with Gasteiger partial charge >= 0.3 is 5.97 Å². The molecule has 1 rings (SSSR count). The first-order chi connectivity index (χ1) is 7.07. The van der Waals surface area contributed by atoms with Crippen molar-refractivity contribution in [1.29, 1.82) is 0 Å². The summed E-state index contributed by atoms with van der Waals surface area (Å²) < 4.78 is 0. The predicted molar refractivity (Wildman–Crippen MR) is 64.2 cm³/mol. The van der Waals surface area contributed by atoms with Crippen molar-refractivity contribution < 1.29 is 9.90 Å². The third-order valence-corrected chi connectivity index (χ3v) is 4.31. The minimum absolute atomic E-state index is 0.0171. The Bertz CT molecular complexity index is 223. The van der Waals surface area contributed by atoms with Gasteiger partial charge in [-0.25, -0.2) is 0 Å². The van der Waals surface area contributed by atoms with E-state index in [9.17, 15) is 4.79 Å². The van der Waals surface area contributed by atoms with Crippen molar-refractivity contribution in [2.75, 3.05) is 5.75 Å². The number of hydrogen-bond acceptors (Lipinski definition) is 3. The van der Waals surface area contributed by atoms with E-state index in [-0.39, 0.29) is 10.9 Å². The van der Waals surface area contributed by atoms with Crippen LogP contribution in [0.5, 0.6) is 0 Å². The molecule has 0 bridgehead atoms. The highest BCUT2D eigenvalue weighted by molar-refractivity contribution is 8.00. The van der Waals surface area contributed by atoms with Crippen molar-refractivity contribution in [1.82, 2.24) is 5.32 Å². The van der Waals surface area contributed by atoms with Gasteiger partial charge in [-0.3, -0.25) is 10.1 Å². The van der Waals surface area contributed by atoms with E-state index in [4.69, 9.17) is 5.11 Å². The molecule has 0 amide bonds. The summed E-state index contributed by atoms with van der Waals surface area (Å²) in [6.45, 7) is 4.32. The summed E-state index contributed by atoms with van der Waals surface area (Å²) in [7, 11) is 0. The molecule has 1 fully saturated rings. The van der Waals surface area contributed by atoms with Crippen LogP contribution in [0, 0.1) is 0 Å². The molecular weight excluding hydrogens is 210 g/mol. The quantitative estimate of drug-likeness (QED) is 0.689. The fraction of sp³-hybridized carbons (Fsp3) is 0.909. The number of unbranched alkanes of at least 4 members (excludes halogenated alkanes) is 3. The second-order valence-electron chi connectivity index (χ2n) is 4.39. The van der Waals surface area contributed by atoms with Gasteiger partial charge in [-0.1, -0.05) is 32.6 Å². The molecule has 0 aromatic rings. The molecule has 4 heteroatoms. The van der Waals surface area contributed by atoms with Crippen molar-refractivity contribution in [2.24, 2.45) is 0 Å². The van der Waals surface area contributed by atoms with E-state index < -0.39 is 5.97 Å². The highest BCUT2D eigenvalue weighted by Crippen LogP contribution is 2.34. The highest BCUT2D eigenvalue weighted by Gasteiger charge is 2.37. The Morgan fingerprint density at radius 1 is 1.53 bits per heavy atom. The maximum Gasteiger partial charge on any atom is 0.321 e. The Kier molecular flexibility index (Phi) is 4.93. The minimum atomic E-state index is -0.722. The van der Waals surface area contributed by atoms with E-state index in [0.717, 1.165) is 6.42 Å². The average molecular weight is 231 g/mol. The number of aliphatic carboxylic acids is 1. The molecule has 0 aromatic carbocycles. The third-order valence-electron chi connectivity index (χ3n) is 2.85. The van der Waals surface area contributed by atoms with Crippen LogP contribution >= 0.6 is 11.8 Å². The molecule has 0 aliphatic carbocycles. The van der Waals surface area contributed by atoms with Gasteiger partial charge in [0.2, 0.25) is 0 Å². The van der Waals surface area contributed by atoms with E-state index in [0.29, 0.717) is 5.75 Å². The van der Waals surface area contributed by atoms with Gasteiger partial charge < -0.3 is 5.11 Å². The SMILES string of the molecule is CCCCCCC1(C)NC(C(=O)O)CS1. The van der Waals surface area contributed by atoms with Crippen molar-refractivity contribution >= 4 is 17.7 Å². The Hall–Kier alpha value is -0.220. The lowest BCUT2D eigenvalue weighted by Gasteiger charge is -2.23. The summed E-state index contributed by atoms with van der Waals surface area (Å²) in [6, 6.07) is -0.355. The third kappa shape index (κ3) is 4.03. The van der Waals surface area contributed by atoms with Crippen molar-refractivity contribution in [3.05, 3.63) is 0 Å². The molecule has 1 aliphatic rings. The monoisotopic (exact) mass is 231 g/mol. The van der Waals surface area contributed by atoms with Gasteiger partial charge in [0.05, 0.1) is 4.87 Å². The molecule has 0 saturated carbocycles. The van der Waals surface area contributed by atoms with Gasteiger partial charge in [0.15, 0.2) is 0 Å². The molecule has 2 atom stereocenters. The van der Waals surface area contributed by atoms with Crippen LogP contribution in [0.1, 0.15) is 46.0 Å². The van der Waals surface area contributed by atoms with Gasteiger partial charge in [-0.15, -0.1) is 11.8 Å². The minimum Gasteiger partial charge on any atom is -0.480 e. The van der Waals surface area contributed by atoms with Crippen LogP contribution in [0.4, 0.5) is 0 Å². The van der Waals surface area contributed by atoms with Crippen LogP contribution in [0.25, 0.3) is 0 Å². The molecule has 3 nitrogen and oxygen atoms in total. The summed E-state index contributed by atoms with van der Waals surface area (Å²) >= 11 is 1.75. The largest absolute Gasteiger partial charge is 0.480 e. The van der Waals surface area contributed by atoms with E-state index in [1.165, 1.54) is 25.7 Å². The zero-order valence-corrected chi connectivity index (χ0v) is 10.4. The first-order valence-corrected chi connectivity index (χ1v) is 6.70. The highest BCUT2D eigenvalue weighted by atomic mass is 32.2. The Morgan fingerprint density at radius 2 is 2.27 bits per heavy atom. The number of carboxylic acid groups (broad SMARTS) is 1. The number of carboxylic acids is 1.